The molecule has 1 aliphatic heterocycles. The number of aliphatic imine (C=N–C) groups is 1. The van der Waals surface area contributed by atoms with Crippen molar-refractivity contribution in [2.45, 2.75) is 70.6 Å². The van der Waals surface area contributed by atoms with Gasteiger partial charge in [0.2, 0.25) is 0 Å². The van der Waals surface area contributed by atoms with Crippen LogP contribution in [0.4, 0.5) is 26.3 Å². The van der Waals surface area contributed by atoms with E-state index in [0.29, 0.717) is 16.8 Å². The van der Waals surface area contributed by atoms with E-state index < -0.39 is 71.6 Å². The van der Waals surface area contributed by atoms with Gasteiger partial charge in [-0.2, -0.15) is 18.3 Å². The molecule has 2 N–H and O–H groups in total. The smallest absolute Gasteiger partial charge is 0.395 e. The van der Waals surface area contributed by atoms with Crippen molar-refractivity contribution < 1.29 is 40.7 Å². The summed E-state index contributed by atoms with van der Waals surface area (Å²) in [5, 5.41) is 3.85. The molecule has 4 aromatic rings. The fourth-order valence-electron chi connectivity index (χ4n) is 6.55. The first kappa shape index (κ1) is 37.8. The van der Waals surface area contributed by atoms with Crippen LogP contribution in [-0.4, -0.2) is 55.3 Å². The van der Waals surface area contributed by atoms with Gasteiger partial charge in [-0.05, 0) is 60.1 Å². The molecule has 2 aromatic heterocycles. The number of aromatic nitrogens is 4. The lowest BCUT2D eigenvalue weighted by atomic mass is 9.75. The number of halogens is 7. The predicted octanol–water partition coefficient (Wildman–Crippen LogP) is 7.86. The average Bonchev–Trinajstić information content (AvgIpc) is 3.63. The van der Waals surface area contributed by atoms with Crippen molar-refractivity contribution >= 4 is 29.4 Å². The molecule has 0 radical (unpaired) electrons. The fraction of sp³-hybridized carbons (Fsp3) is 0.389. The van der Waals surface area contributed by atoms with E-state index in [1.165, 1.54) is 30.3 Å². The van der Waals surface area contributed by atoms with Gasteiger partial charge in [0.05, 0.1) is 40.5 Å². The highest BCUT2D eigenvalue weighted by Crippen LogP contribution is 2.60. The Hall–Kier alpha value is -4.99. The Morgan fingerprint density at radius 3 is 2.32 bits per heavy atom. The van der Waals surface area contributed by atoms with Crippen molar-refractivity contribution in [3.63, 3.8) is 0 Å². The third-order valence-corrected chi connectivity index (χ3v) is 9.62. The van der Waals surface area contributed by atoms with E-state index >= 15 is 0 Å². The Labute approximate surface area is 305 Å². The van der Waals surface area contributed by atoms with E-state index in [1.807, 2.05) is 20.8 Å². The molecule has 2 atom stereocenters. The number of ether oxygens (including phenoxy) is 1. The van der Waals surface area contributed by atoms with Gasteiger partial charge in [-0.1, -0.05) is 62.7 Å². The molecule has 0 unspecified atom stereocenters. The highest BCUT2D eigenvalue weighted by Gasteiger charge is 2.64. The van der Waals surface area contributed by atoms with Crippen LogP contribution in [-0.2, 0) is 19.9 Å². The summed E-state index contributed by atoms with van der Waals surface area (Å²) in [7, 11) is 0. The van der Waals surface area contributed by atoms with E-state index in [-0.39, 0.29) is 41.5 Å². The number of amides is 1. The highest BCUT2D eigenvalue weighted by atomic mass is 35.5. The molecule has 0 spiro atoms. The summed E-state index contributed by atoms with van der Waals surface area (Å²) < 4.78 is 88.5. The molecule has 17 heteroatoms. The number of carbonyl (C=O) groups excluding carboxylic acids is 2. The minimum absolute atomic E-state index is 0.0232. The number of rotatable bonds is 11. The monoisotopic (exact) mass is 761 g/mol. The standard InChI is InChI=1S/C36H34ClF6N7O3/c1-33(2,3)18-35(22-7-4-20(5-8-22)25-11-9-23(38)16-45-25)31(52)49(32(44)48-35)27(17-53-28(51)15-34(12-13-34)36(41,42)43)21-6-10-24(37)26(14-21)50-30(29(39)40)46-19-47-50/h4-11,14,16,19,27,29H,12-13,15,17-18H2,1-3H3,(H2,44,48)/t27-,35-/m1/s1. The van der Waals surface area contributed by atoms with Gasteiger partial charge in [-0.25, -0.2) is 27.8 Å². The maximum Gasteiger partial charge on any atom is 0.395 e. The molecule has 1 saturated carbocycles. The zero-order valence-electron chi connectivity index (χ0n) is 28.7. The third kappa shape index (κ3) is 7.46. The Morgan fingerprint density at radius 2 is 1.74 bits per heavy atom. The van der Waals surface area contributed by atoms with Gasteiger partial charge in [0.25, 0.3) is 12.3 Å². The van der Waals surface area contributed by atoms with E-state index in [1.54, 1.807) is 24.3 Å². The number of benzene rings is 2. The van der Waals surface area contributed by atoms with Crippen LogP contribution in [0, 0.1) is 16.6 Å². The summed E-state index contributed by atoms with van der Waals surface area (Å²) in [5.74, 6) is -3.31. The molecule has 0 bridgehead atoms. The minimum Gasteiger partial charge on any atom is -0.463 e. The average molecular weight is 762 g/mol. The second-order valence-corrected chi connectivity index (χ2v) is 14.8. The number of esters is 1. The molecule has 2 aromatic carbocycles. The lowest BCUT2D eigenvalue weighted by Crippen LogP contribution is -2.47. The summed E-state index contributed by atoms with van der Waals surface area (Å²) in [6.45, 7) is 5.01. The molecule has 1 aliphatic carbocycles. The molecule has 6 rings (SSSR count). The maximum absolute atomic E-state index is 14.9. The number of hydrogen-bond donors (Lipinski definition) is 1. The molecule has 2 aliphatic rings. The van der Waals surface area contributed by atoms with E-state index in [9.17, 15) is 35.9 Å². The lowest BCUT2D eigenvalue weighted by molar-refractivity contribution is -0.195. The van der Waals surface area contributed by atoms with Crippen LogP contribution < -0.4 is 5.73 Å². The van der Waals surface area contributed by atoms with Gasteiger partial charge in [-0.15, -0.1) is 0 Å². The molecule has 53 heavy (non-hydrogen) atoms. The van der Waals surface area contributed by atoms with Crippen molar-refractivity contribution in [1.29, 1.82) is 0 Å². The number of carbonyl (C=O) groups is 2. The largest absolute Gasteiger partial charge is 0.463 e. The Balaban J connectivity index is 1.41. The van der Waals surface area contributed by atoms with Crippen molar-refractivity contribution in [3.8, 4) is 16.9 Å². The zero-order chi connectivity index (χ0) is 38.5. The van der Waals surface area contributed by atoms with Crippen LogP contribution in [0.15, 0.2) is 72.1 Å². The highest BCUT2D eigenvalue weighted by molar-refractivity contribution is 6.32. The second-order valence-electron chi connectivity index (χ2n) is 14.4. The first-order valence-corrected chi connectivity index (χ1v) is 16.8. The first-order valence-electron chi connectivity index (χ1n) is 16.5. The van der Waals surface area contributed by atoms with Gasteiger partial charge in [0.15, 0.2) is 17.3 Å². The van der Waals surface area contributed by atoms with Gasteiger partial charge in [0, 0.05) is 5.56 Å². The van der Waals surface area contributed by atoms with Crippen LogP contribution >= 0.6 is 11.6 Å². The van der Waals surface area contributed by atoms with Crippen molar-refractivity contribution in [1.82, 2.24) is 24.6 Å². The number of hydrogen-bond acceptors (Lipinski definition) is 8. The normalized spacial score (nSPS) is 19.0. The van der Waals surface area contributed by atoms with Crippen LogP contribution in [0.1, 0.15) is 75.9 Å². The molecular weight excluding hydrogens is 728 g/mol. The molecule has 1 amide bonds. The molecule has 0 saturated heterocycles. The number of nitrogens with two attached hydrogens (primary N) is 1. The maximum atomic E-state index is 14.9. The lowest BCUT2D eigenvalue weighted by Gasteiger charge is -2.35. The van der Waals surface area contributed by atoms with Gasteiger partial charge in [0.1, 0.15) is 18.8 Å². The summed E-state index contributed by atoms with van der Waals surface area (Å²) in [5.41, 5.74) is 3.85. The van der Waals surface area contributed by atoms with E-state index in [2.05, 4.69) is 15.1 Å². The quantitative estimate of drug-likeness (QED) is 0.122. The third-order valence-electron chi connectivity index (χ3n) is 9.30. The molecule has 1 fully saturated rings. The van der Waals surface area contributed by atoms with E-state index in [0.717, 1.165) is 22.1 Å². The number of nitrogens with zero attached hydrogens (tertiary/aromatic N) is 6. The summed E-state index contributed by atoms with van der Waals surface area (Å²) in [6, 6.07) is 12.3. The van der Waals surface area contributed by atoms with Crippen LogP contribution in [0.25, 0.3) is 16.9 Å². The summed E-state index contributed by atoms with van der Waals surface area (Å²) in [4.78, 5) is 41.4. The predicted molar refractivity (Wildman–Crippen MR) is 181 cm³/mol. The minimum atomic E-state index is -4.62. The van der Waals surface area contributed by atoms with E-state index in [4.69, 9.17) is 27.1 Å². The number of alkyl halides is 5. The summed E-state index contributed by atoms with van der Waals surface area (Å²) >= 11 is 6.42. The molecule has 10 nitrogen and oxygen atoms in total. The van der Waals surface area contributed by atoms with Crippen molar-refractivity contribution in [2.24, 2.45) is 21.6 Å². The first-order chi connectivity index (χ1) is 24.8. The number of guanidine groups is 1. The Bertz CT molecular complexity index is 2040. The topological polar surface area (TPSA) is 129 Å². The van der Waals surface area contributed by atoms with Gasteiger partial charge >= 0.3 is 12.1 Å². The Kier molecular flexibility index (Phi) is 9.81. The second kappa shape index (κ2) is 13.8. The summed E-state index contributed by atoms with van der Waals surface area (Å²) in [6.07, 6.45) is -6.92. The van der Waals surface area contributed by atoms with Crippen molar-refractivity contribution in [2.75, 3.05) is 6.61 Å². The molecular formula is C36H34ClF6N7O3. The molecule has 3 heterocycles. The number of pyridine rings is 1. The van der Waals surface area contributed by atoms with Crippen LogP contribution in [0.5, 0.6) is 0 Å². The zero-order valence-corrected chi connectivity index (χ0v) is 29.4. The van der Waals surface area contributed by atoms with Gasteiger partial charge in [-0.3, -0.25) is 19.5 Å². The Morgan fingerprint density at radius 1 is 1.04 bits per heavy atom. The van der Waals surface area contributed by atoms with Crippen LogP contribution in [0.2, 0.25) is 5.02 Å². The van der Waals surface area contributed by atoms with Crippen molar-refractivity contribution in [3.05, 3.63) is 94.9 Å². The SMILES string of the molecule is CC(C)(C)C[C@]1(c2ccc(-c3ccc(F)cn3)cc2)N=C(N)N([C@H](COC(=O)CC2(C(F)(F)F)CC2)c2ccc(Cl)c(-n3ncnc3C(F)F)c2)C1=O. The molecule has 280 valence electrons. The fourth-order valence-corrected chi connectivity index (χ4v) is 6.75. The van der Waals surface area contributed by atoms with Gasteiger partial charge < -0.3 is 10.5 Å². The van der Waals surface area contributed by atoms with Crippen LogP contribution in [0.3, 0.4) is 0 Å².